The molecular weight excluding hydrogens is 476 g/mol. The van der Waals surface area contributed by atoms with Crippen LogP contribution < -0.4 is 11.1 Å². The number of rotatable bonds is 13. The molecule has 1 heterocycles. The molecule has 7 heteroatoms. The number of nitro groups is 1. The van der Waals surface area contributed by atoms with Gasteiger partial charge >= 0.3 is 0 Å². The first-order valence-electron chi connectivity index (χ1n) is 13.3. The Labute approximate surface area is 223 Å². The van der Waals surface area contributed by atoms with Gasteiger partial charge < -0.3 is 15.6 Å². The molecule has 198 valence electrons. The fourth-order valence-corrected chi connectivity index (χ4v) is 4.93. The molecule has 0 fully saturated rings. The van der Waals surface area contributed by atoms with Crippen molar-refractivity contribution >= 4 is 22.5 Å². The normalized spacial score (nSPS) is 11.9. The van der Waals surface area contributed by atoms with Crippen LogP contribution in [0.2, 0.25) is 0 Å². The number of non-ortho nitro benzene ring substituents is 1. The van der Waals surface area contributed by atoms with Crippen LogP contribution in [0.4, 0.5) is 5.69 Å². The van der Waals surface area contributed by atoms with E-state index in [0.29, 0.717) is 19.6 Å². The third-order valence-corrected chi connectivity index (χ3v) is 7.00. The minimum Gasteiger partial charge on any atom is -0.356 e. The Balaban J connectivity index is 1.69. The van der Waals surface area contributed by atoms with Gasteiger partial charge in [0.15, 0.2) is 0 Å². The molecular formula is C31H36N4O3. The smallest absolute Gasteiger partial charge is 0.270 e. The Kier molecular flexibility index (Phi) is 9.27. The van der Waals surface area contributed by atoms with E-state index in [0.717, 1.165) is 58.8 Å². The molecule has 1 amide bonds. The van der Waals surface area contributed by atoms with Crippen LogP contribution in [0.1, 0.15) is 60.3 Å². The van der Waals surface area contributed by atoms with Crippen molar-refractivity contribution in [1.82, 2.24) is 9.88 Å². The molecule has 38 heavy (non-hydrogen) atoms. The van der Waals surface area contributed by atoms with E-state index in [1.54, 1.807) is 12.1 Å². The Morgan fingerprint density at radius 2 is 1.74 bits per heavy atom. The maximum atomic E-state index is 13.1. The van der Waals surface area contributed by atoms with Gasteiger partial charge in [-0.1, -0.05) is 73.0 Å². The molecule has 4 rings (SSSR count). The number of aryl methyl sites for hydroxylation is 1. The lowest BCUT2D eigenvalue weighted by Crippen LogP contribution is -2.26. The van der Waals surface area contributed by atoms with Gasteiger partial charge in [-0.15, -0.1) is 0 Å². The van der Waals surface area contributed by atoms with Crippen molar-refractivity contribution in [2.75, 3.05) is 13.1 Å². The van der Waals surface area contributed by atoms with E-state index in [-0.39, 0.29) is 28.9 Å². The molecule has 7 nitrogen and oxygen atoms in total. The summed E-state index contributed by atoms with van der Waals surface area (Å²) in [4.78, 5) is 24.4. The van der Waals surface area contributed by atoms with Crippen LogP contribution in [0.25, 0.3) is 10.9 Å². The van der Waals surface area contributed by atoms with Gasteiger partial charge in [0.1, 0.15) is 0 Å². The molecule has 0 saturated carbocycles. The SMILES string of the molecule is Cc1ccc(C(CC(=O)NCCCCCCN)c2cn(Cc3ccccc3)c3ccc([N+](=O)[O-])cc23)cc1. The number of carbonyl (C=O) groups is 1. The maximum Gasteiger partial charge on any atom is 0.270 e. The summed E-state index contributed by atoms with van der Waals surface area (Å²) >= 11 is 0. The molecule has 1 aromatic heterocycles. The molecule has 0 saturated heterocycles. The van der Waals surface area contributed by atoms with E-state index in [1.165, 1.54) is 0 Å². The van der Waals surface area contributed by atoms with Crippen LogP contribution in [0.5, 0.6) is 0 Å². The fraction of sp³-hybridized carbons (Fsp3) is 0.323. The number of nitro benzene ring substituents is 1. The first-order valence-corrected chi connectivity index (χ1v) is 13.3. The summed E-state index contributed by atoms with van der Waals surface area (Å²) in [6, 6.07) is 23.3. The fourth-order valence-electron chi connectivity index (χ4n) is 4.93. The molecule has 0 spiro atoms. The Morgan fingerprint density at radius 1 is 1.00 bits per heavy atom. The highest BCUT2D eigenvalue weighted by molar-refractivity contribution is 5.88. The van der Waals surface area contributed by atoms with E-state index in [2.05, 4.69) is 40.3 Å². The van der Waals surface area contributed by atoms with Crippen LogP contribution in [0.3, 0.4) is 0 Å². The van der Waals surface area contributed by atoms with Crippen molar-refractivity contribution in [3.8, 4) is 0 Å². The average molecular weight is 513 g/mol. The molecule has 0 aliphatic carbocycles. The van der Waals surface area contributed by atoms with Gasteiger partial charge in [-0.2, -0.15) is 0 Å². The second-order valence-corrected chi connectivity index (χ2v) is 9.88. The van der Waals surface area contributed by atoms with Crippen molar-refractivity contribution in [1.29, 1.82) is 0 Å². The summed E-state index contributed by atoms with van der Waals surface area (Å²) in [6.07, 6.45) is 6.35. The molecule has 0 aliphatic heterocycles. The predicted molar refractivity (Wildman–Crippen MR) is 152 cm³/mol. The minimum atomic E-state index is -0.365. The Hall–Kier alpha value is -3.97. The highest BCUT2D eigenvalue weighted by atomic mass is 16.6. The maximum absolute atomic E-state index is 13.1. The van der Waals surface area contributed by atoms with Gasteiger partial charge in [0, 0.05) is 54.7 Å². The summed E-state index contributed by atoms with van der Waals surface area (Å²) in [5.41, 5.74) is 10.7. The molecule has 1 unspecified atom stereocenters. The van der Waals surface area contributed by atoms with Crippen molar-refractivity contribution < 1.29 is 9.72 Å². The van der Waals surface area contributed by atoms with Crippen LogP contribution in [0.15, 0.2) is 79.0 Å². The number of carbonyl (C=O) groups excluding carboxylic acids is 1. The van der Waals surface area contributed by atoms with Gasteiger partial charge in [-0.25, -0.2) is 0 Å². The zero-order valence-electron chi connectivity index (χ0n) is 21.9. The molecule has 3 N–H and O–H groups in total. The predicted octanol–water partition coefficient (Wildman–Crippen LogP) is 6.06. The van der Waals surface area contributed by atoms with Crippen LogP contribution in [-0.2, 0) is 11.3 Å². The lowest BCUT2D eigenvalue weighted by atomic mass is 9.87. The molecule has 0 bridgehead atoms. The van der Waals surface area contributed by atoms with E-state index in [4.69, 9.17) is 5.73 Å². The molecule has 0 radical (unpaired) electrons. The van der Waals surface area contributed by atoms with Crippen LogP contribution in [0, 0.1) is 17.0 Å². The lowest BCUT2D eigenvalue weighted by molar-refractivity contribution is -0.384. The van der Waals surface area contributed by atoms with Crippen molar-refractivity contribution in [3.05, 3.63) is 111 Å². The average Bonchev–Trinajstić information content (AvgIpc) is 3.27. The summed E-state index contributed by atoms with van der Waals surface area (Å²) in [5, 5.41) is 15.5. The van der Waals surface area contributed by atoms with Gasteiger partial charge in [0.05, 0.1) is 4.92 Å². The Bertz CT molecular complexity index is 1360. The second kappa shape index (κ2) is 13.0. The molecule has 1 atom stereocenters. The third-order valence-electron chi connectivity index (χ3n) is 7.00. The first kappa shape index (κ1) is 27.1. The molecule has 3 aromatic carbocycles. The number of benzene rings is 3. The van der Waals surface area contributed by atoms with E-state index in [9.17, 15) is 14.9 Å². The third kappa shape index (κ3) is 6.86. The number of aromatic nitrogens is 1. The largest absolute Gasteiger partial charge is 0.356 e. The summed E-state index contributed by atoms with van der Waals surface area (Å²) in [7, 11) is 0. The van der Waals surface area contributed by atoms with Crippen molar-refractivity contribution in [3.63, 3.8) is 0 Å². The zero-order chi connectivity index (χ0) is 26.9. The number of nitrogens with two attached hydrogens (primary N) is 1. The van der Waals surface area contributed by atoms with Crippen LogP contribution in [-0.4, -0.2) is 28.5 Å². The second-order valence-electron chi connectivity index (χ2n) is 9.88. The number of nitrogens with zero attached hydrogens (tertiary/aromatic N) is 2. The lowest BCUT2D eigenvalue weighted by Gasteiger charge is -2.18. The summed E-state index contributed by atoms with van der Waals surface area (Å²) < 4.78 is 2.13. The number of amides is 1. The summed E-state index contributed by atoms with van der Waals surface area (Å²) in [5.74, 6) is -0.266. The molecule has 0 aliphatic rings. The van der Waals surface area contributed by atoms with Crippen LogP contribution >= 0.6 is 0 Å². The van der Waals surface area contributed by atoms with E-state index >= 15 is 0 Å². The van der Waals surface area contributed by atoms with Crippen molar-refractivity contribution in [2.24, 2.45) is 5.73 Å². The minimum absolute atomic E-state index is 0.0243. The standard InChI is InChI=1S/C31H36N4O3/c1-23-11-13-25(14-12-23)27(20-31(36)33-18-8-3-2-7-17-32)29-22-34(21-24-9-5-4-6-10-24)30-16-15-26(35(37)38)19-28(29)30/h4-6,9-16,19,22,27H,2-3,7-8,17-18,20-21,32H2,1H3,(H,33,36). The zero-order valence-corrected chi connectivity index (χ0v) is 21.9. The first-order chi connectivity index (χ1) is 18.5. The Morgan fingerprint density at radius 3 is 2.45 bits per heavy atom. The van der Waals surface area contributed by atoms with Crippen molar-refractivity contribution in [2.45, 2.75) is 51.5 Å². The topological polar surface area (TPSA) is 103 Å². The number of nitrogens with one attached hydrogen (secondary N) is 1. The number of fused-ring (bicyclic) bond motifs is 1. The number of hydrogen-bond acceptors (Lipinski definition) is 4. The quantitative estimate of drug-likeness (QED) is 0.129. The van der Waals surface area contributed by atoms with Gasteiger partial charge in [-0.3, -0.25) is 14.9 Å². The number of hydrogen-bond donors (Lipinski definition) is 2. The van der Waals surface area contributed by atoms with Gasteiger partial charge in [-0.05, 0) is 49.1 Å². The van der Waals surface area contributed by atoms with Gasteiger partial charge in [0.2, 0.25) is 5.91 Å². The number of unbranched alkanes of at least 4 members (excludes halogenated alkanes) is 3. The van der Waals surface area contributed by atoms with E-state index < -0.39 is 0 Å². The summed E-state index contributed by atoms with van der Waals surface area (Å²) in [6.45, 7) is 3.99. The monoisotopic (exact) mass is 512 g/mol. The molecule has 4 aromatic rings. The van der Waals surface area contributed by atoms with Gasteiger partial charge in [0.25, 0.3) is 5.69 Å². The highest BCUT2D eigenvalue weighted by Crippen LogP contribution is 2.37. The van der Waals surface area contributed by atoms with E-state index in [1.807, 2.05) is 43.3 Å². The highest BCUT2D eigenvalue weighted by Gasteiger charge is 2.24.